The van der Waals surface area contributed by atoms with E-state index in [0.717, 1.165) is 17.7 Å². The Morgan fingerprint density at radius 3 is 2.86 bits per heavy atom. The molecule has 0 bridgehead atoms. The first-order valence-corrected chi connectivity index (χ1v) is 7.41. The third kappa shape index (κ3) is 3.34. The Balaban J connectivity index is 1.79. The Kier molecular flexibility index (Phi) is 4.36. The summed E-state index contributed by atoms with van der Waals surface area (Å²) < 4.78 is 11.3. The molecule has 21 heavy (non-hydrogen) atoms. The van der Waals surface area contributed by atoms with Crippen LogP contribution in [0.1, 0.15) is 12.0 Å². The number of hydrogen-bond acceptors (Lipinski definition) is 4. The largest absolute Gasteiger partial charge is 0.489 e. The highest BCUT2D eigenvalue weighted by molar-refractivity contribution is 6.33. The number of aromatic nitrogens is 1. The molecule has 1 aromatic carbocycles. The highest BCUT2D eigenvalue weighted by Crippen LogP contribution is 2.38. The quantitative estimate of drug-likeness (QED) is 0.920. The van der Waals surface area contributed by atoms with Crippen molar-refractivity contribution in [2.24, 2.45) is 0 Å². The maximum atomic E-state index is 6.26. The molecule has 1 N–H and O–H groups in total. The van der Waals surface area contributed by atoms with E-state index in [4.69, 9.17) is 32.7 Å². The van der Waals surface area contributed by atoms with Gasteiger partial charge in [0.1, 0.15) is 0 Å². The molecule has 0 fully saturated rings. The molecule has 0 radical (unpaired) electrons. The van der Waals surface area contributed by atoms with E-state index in [-0.39, 0.29) is 0 Å². The summed E-state index contributed by atoms with van der Waals surface area (Å²) in [6.45, 7) is 1.83. The summed E-state index contributed by atoms with van der Waals surface area (Å²) in [5.41, 5.74) is 1.77. The van der Waals surface area contributed by atoms with Gasteiger partial charge < -0.3 is 14.8 Å². The number of rotatable bonds is 3. The molecule has 4 nitrogen and oxygen atoms in total. The van der Waals surface area contributed by atoms with Gasteiger partial charge in [-0.1, -0.05) is 23.2 Å². The van der Waals surface area contributed by atoms with Crippen LogP contribution in [-0.2, 0) is 6.54 Å². The van der Waals surface area contributed by atoms with E-state index in [0.29, 0.717) is 41.3 Å². The zero-order valence-corrected chi connectivity index (χ0v) is 12.7. The molecule has 0 atom stereocenters. The summed E-state index contributed by atoms with van der Waals surface area (Å²) in [6, 6.07) is 5.54. The van der Waals surface area contributed by atoms with Crippen molar-refractivity contribution < 1.29 is 9.47 Å². The third-order valence-electron chi connectivity index (χ3n) is 3.11. The van der Waals surface area contributed by atoms with Gasteiger partial charge in [-0.2, -0.15) is 0 Å². The van der Waals surface area contributed by atoms with Gasteiger partial charge in [-0.15, -0.1) is 0 Å². The molecule has 0 unspecified atom stereocenters. The van der Waals surface area contributed by atoms with E-state index < -0.39 is 0 Å². The van der Waals surface area contributed by atoms with Crippen LogP contribution < -0.4 is 14.8 Å². The molecule has 0 amide bonds. The van der Waals surface area contributed by atoms with Gasteiger partial charge in [0.15, 0.2) is 11.5 Å². The van der Waals surface area contributed by atoms with E-state index in [9.17, 15) is 0 Å². The topological polar surface area (TPSA) is 43.4 Å². The van der Waals surface area contributed by atoms with Crippen molar-refractivity contribution >= 4 is 28.9 Å². The normalized spacial score (nSPS) is 13.6. The van der Waals surface area contributed by atoms with E-state index in [1.54, 1.807) is 18.5 Å². The number of halogens is 2. The van der Waals surface area contributed by atoms with E-state index in [1.807, 2.05) is 12.1 Å². The molecule has 0 saturated carbocycles. The lowest BCUT2D eigenvalue weighted by Crippen LogP contribution is -2.02. The molecule has 0 aliphatic carbocycles. The lowest BCUT2D eigenvalue weighted by molar-refractivity contribution is 0.297. The average Bonchev–Trinajstić information content (AvgIpc) is 2.72. The third-order valence-corrected chi connectivity index (χ3v) is 3.72. The summed E-state index contributed by atoms with van der Waals surface area (Å²) in [7, 11) is 0. The van der Waals surface area contributed by atoms with Gasteiger partial charge in [0.05, 0.1) is 35.1 Å². The molecule has 3 rings (SSSR count). The minimum absolute atomic E-state index is 0.559. The highest BCUT2D eigenvalue weighted by atomic mass is 35.5. The van der Waals surface area contributed by atoms with E-state index in [1.165, 1.54) is 0 Å². The maximum absolute atomic E-state index is 6.26. The number of benzene rings is 1. The van der Waals surface area contributed by atoms with Crippen LogP contribution in [-0.4, -0.2) is 18.2 Å². The Morgan fingerprint density at radius 1 is 1.14 bits per heavy atom. The lowest BCUT2D eigenvalue weighted by Gasteiger charge is -2.13. The molecule has 2 heterocycles. The van der Waals surface area contributed by atoms with Crippen molar-refractivity contribution in [1.82, 2.24) is 4.98 Å². The second-order valence-electron chi connectivity index (χ2n) is 4.66. The summed E-state index contributed by atoms with van der Waals surface area (Å²) in [5.74, 6) is 1.31. The summed E-state index contributed by atoms with van der Waals surface area (Å²) >= 11 is 12.3. The second kappa shape index (κ2) is 6.41. The summed E-state index contributed by atoms with van der Waals surface area (Å²) in [5, 5.41) is 4.42. The number of nitrogens with one attached hydrogen (secondary N) is 1. The van der Waals surface area contributed by atoms with Gasteiger partial charge in [-0.05, 0) is 23.8 Å². The molecule has 1 aliphatic rings. The van der Waals surface area contributed by atoms with Crippen molar-refractivity contribution in [1.29, 1.82) is 0 Å². The minimum atomic E-state index is 0.559. The standard InChI is InChI=1S/C15H14Cl2N2O2/c16-11-2-3-18-9-13(11)19-8-10-6-12(17)15-14(7-10)20-4-1-5-21-15/h2-3,6-7,9,19H,1,4-5,8H2. The van der Waals surface area contributed by atoms with Crippen molar-refractivity contribution in [2.75, 3.05) is 18.5 Å². The predicted octanol–water partition coefficient (Wildman–Crippen LogP) is 4.16. The SMILES string of the molecule is Clc1ccncc1NCc1cc(Cl)c2c(c1)OCCCO2. The van der Waals surface area contributed by atoms with Crippen molar-refractivity contribution in [3.63, 3.8) is 0 Å². The second-order valence-corrected chi connectivity index (χ2v) is 5.48. The molecular formula is C15H14Cl2N2O2. The minimum Gasteiger partial charge on any atom is -0.489 e. The van der Waals surface area contributed by atoms with Gasteiger partial charge in [0.25, 0.3) is 0 Å². The summed E-state index contributed by atoms with van der Waals surface area (Å²) in [4.78, 5) is 4.04. The smallest absolute Gasteiger partial charge is 0.179 e. The molecule has 1 aliphatic heterocycles. The molecule has 0 spiro atoms. The Morgan fingerprint density at radius 2 is 2.00 bits per heavy atom. The number of nitrogens with zero attached hydrogens (tertiary/aromatic N) is 1. The molecule has 0 saturated heterocycles. The monoisotopic (exact) mass is 324 g/mol. The Labute approximate surface area is 133 Å². The van der Waals surface area contributed by atoms with E-state index in [2.05, 4.69) is 10.3 Å². The fourth-order valence-corrected chi connectivity index (χ4v) is 2.55. The fourth-order valence-electron chi connectivity index (χ4n) is 2.09. The average molecular weight is 325 g/mol. The van der Waals surface area contributed by atoms with E-state index >= 15 is 0 Å². The van der Waals surface area contributed by atoms with Gasteiger partial charge in [-0.25, -0.2) is 0 Å². The first-order chi connectivity index (χ1) is 10.2. The molecular weight excluding hydrogens is 311 g/mol. The number of pyridine rings is 1. The zero-order valence-electron chi connectivity index (χ0n) is 11.2. The van der Waals surface area contributed by atoms with Gasteiger partial charge >= 0.3 is 0 Å². The Hall–Kier alpha value is -1.65. The molecule has 110 valence electrons. The van der Waals surface area contributed by atoms with Gasteiger partial charge in [0.2, 0.25) is 0 Å². The van der Waals surface area contributed by atoms with Crippen LogP contribution in [0.15, 0.2) is 30.6 Å². The fraction of sp³-hybridized carbons (Fsp3) is 0.267. The van der Waals surface area contributed by atoms with Crippen molar-refractivity contribution in [3.05, 3.63) is 46.2 Å². The first kappa shape index (κ1) is 14.3. The van der Waals surface area contributed by atoms with Crippen LogP contribution in [0.5, 0.6) is 11.5 Å². The predicted molar refractivity (Wildman–Crippen MR) is 83.6 cm³/mol. The number of hydrogen-bond donors (Lipinski definition) is 1. The molecule has 1 aromatic heterocycles. The lowest BCUT2D eigenvalue weighted by atomic mass is 10.2. The Bertz CT molecular complexity index is 650. The van der Waals surface area contributed by atoms with Crippen LogP contribution in [0.4, 0.5) is 5.69 Å². The van der Waals surface area contributed by atoms with Crippen molar-refractivity contribution in [3.8, 4) is 11.5 Å². The highest BCUT2D eigenvalue weighted by Gasteiger charge is 2.15. The van der Waals surface area contributed by atoms with Crippen LogP contribution in [0, 0.1) is 0 Å². The summed E-state index contributed by atoms with van der Waals surface area (Å²) in [6.07, 6.45) is 4.19. The zero-order chi connectivity index (χ0) is 14.7. The van der Waals surface area contributed by atoms with Gasteiger partial charge in [0, 0.05) is 19.2 Å². The number of ether oxygens (including phenoxy) is 2. The van der Waals surface area contributed by atoms with Crippen LogP contribution >= 0.6 is 23.2 Å². The molecule has 2 aromatic rings. The van der Waals surface area contributed by atoms with Gasteiger partial charge in [-0.3, -0.25) is 4.98 Å². The molecule has 6 heteroatoms. The van der Waals surface area contributed by atoms with Crippen molar-refractivity contribution in [2.45, 2.75) is 13.0 Å². The van der Waals surface area contributed by atoms with Crippen LogP contribution in [0.2, 0.25) is 10.0 Å². The first-order valence-electron chi connectivity index (χ1n) is 6.65. The van der Waals surface area contributed by atoms with Crippen LogP contribution in [0.25, 0.3) is 0 Å². The number of anilines is 1. The maximum Gasteiger partial charge on any atom is 0.179 e. The number of fused-ring (bicyclic) bond motifs is 1. The van der Waals surface area contributed by atoms with Crippen LogP contribution in [0.3, 0.4) is 0 Å².